The minimum Gasteiger partial charge on any atom is -0.493 e. The molecule has 0 atom stereocenters. The number of ketones is 1. The molecule has 0 aliphatic rings. The molecule has 1 aromatic heterocycles. The van der Waals surface area contributed by atoms with Crippen molar-refractivity contribution < 1.29 is 9.90 Å². The third-order valence-electron chi connectivity index (χ3n) is 4.17. The summed E-state index contributed by atoms with van der Waals surface area (Å²) in [6, 6.07) is 18.3. The minimum atomic E-state index is -0.309. The Bertz CT molecular complexity index is 925. The molecule has 0 radical (unpaired) electrons. The van der Waals surface area contributed by atoms with E-state index in [0.29, 0.717) is 17.8 Å². The number of benzene rings is 2. The van der Waals surface area contributed by atoms with E-state index in [4.69, 9.17) is 0 Å². The number of aromatic nitrogens is 2. The van der Waals surface area contributed by atoms with Crippen LogP contribution in [0.1, 0.15) is 25.3 Å². The van der Waals surface area contributed by atoms with Gasteiger partial charge < -0.3 is 5.11 Å². The maximum Gasteiger partial charge on any atom is 0.278 e. The molecule has 0 saturated heterocycles. The molecule has 128 valence electrons. The minimum absolute atomic E-state index is 0.0672. The molecule has 2 aromatic carbocycles. The number of carbonyl (C=O) groups excluding carboxylic acids is 1. The molecular formula is C20H20N2O3. The second-order valence-electron chi connectivity index (χ2n) is 5.79. The quantitative estimate of drug-likeness (QED) is 0.751. The van der Waals surface area contributed by atoms with Crippen LogP contribution in [0.3, 0.4) is 0 Å². The lowest BCUT2D eigenvalue weighted by Crippen LogP contribution is -2.21. The van der Waals surface area contributed by atoms with Crippen LogP contribution in [-0.4, -0.2) is 20.3 Å². The van der Waals surface area contributed by atoms with Gasteiger partial charge in [-0.15, -0.1) is 0 Å². The summed E-state index contributed by atoms with van der Waals surface area (Å²) in [7, 11) is 0. The van der Waals surface area contributed by atoms with Gasteiger partial charge in [-0.25, -0.2) is 9.36 Å². The zero-order valence-corrected chi connectivity index (χ0v) is 14.1. The number of aromatic hydroxyl groups is 1. The maximum absolute atomic E-state index is 13.0. The Kier molecular flexibility index (Phi) is 4.84. The van der Waals surface area contributed by atoms with Crippen molar-refractivity contribution in [3.63, 3.8) is 0 Å². The number of Topliss-reactive ketones (excluding diaryl/α,β-unsaturated/α-hetero) is 1. The summed E-state index contributed by atoms with van der Waals surface area (Å²) in [5, 5.41) is 10.7. The van der Waals surface area contributed by atoms with Gasteiger partial charge in [-0.3, -0.25) is 9.59 Å². The fourth-order valence-corrected chi connectivity index (χ4v) is 2.81. The van der Waals surface area contributed by atoms with Gasteiger partial charge in [0.1, 0.15) is 5.78 Å². The van der Waals surface area contributed by atoms with Gasteiger partial charge in [-0.2, -0.15) is 0 Å². The van der Waals surface area contributed by atoms with Crippen LogP contribution in [0.4, 0.5) is 0 Å². The average molecular weight is 336 g/mol. The number of nitrogens with zero attached hydrogens (tertiary/aromatic N) is 2. The van der Waals surface area contributed by atoms with Gasteiger partial charge in [0, 0.05) is 12.8 Å². The lowest BCUT2D eigenvalue weighted by Gasteiger charge is -2.12. The molecule has 0 spiro atoms. The molecule has 0 bridgehead atoms. The number of hydrogen-bond donors (Lipinski definition) is 1. The van der Waals surface area contributed by atoms with Gasteiger partial charge in [-0.05, 0) is 30.7 Å². The number of carbonyl (C=O) groups is 1. The van der Waals surface area contributed by atoms with Gasteiger partial charge in [0.15, 0.2) is 0 Å². The topological polar surface area (TPSA) is 64.2 Å². The van der Waals surface area contributed by atoms with Crippen molar-refractivity contribution in [2.75, 3.05) is 0 Å². The molecule has 1 heterocycles. The molecule has 0 aliphatic carbocycles. The van der Waals surface area contributed by atoms with Crippen molar-refractivity contribution in [2.24, 2.45) is 0 Å². The number of hydrogen-bond acceptors (Lipinski definition) is 3. The molecular weight excluding hydrogens is 316 g/mol. The molecule has 0 fully saturated rings. The smallest absolute Gasteiger partial charge is 0.278 e. The van der Waals surface area contributed by atoms with Crippen LogP contribution in [0.5, 0.6) is 5.88 Å². The summed E-state index contributed by atoms with van der Waals surface area (Å²) in [6.07, 6.45) is 0.893. The summed E-state index contributed by atoms with van der Waals surface area (Å²) >= 11 is 0. The highest BCUT2D eigenvalue weighted by atomic mass is 16.3. The van der Waals surface area contributed by atoms with Gasteiger partial charge in [-0.1, -0.05) is 43.3 Å². The average Bonchev–Trinajstić information content (AvgIpc) is 2.91. The van der Waals surface area contributed by atoms with Crippen LogP contribution >= 0.6 is 0 Å². The third kappa shape index (κ3) is 3.26. The van der Waals surface area contributed by atoms with Crippen LogP contribution in [0.15, 0.2) is 65.5 Å². The largest absolute Gasteiger partial charge is 0.493 e. The number of rotatable bonds is 6. The van der Waals surface area contributed by atoms with Crippen molar-refractivity contribution in [3.8, 4) is 17.3 Å². The molecule has 5 heteroatoms. The standard InChI is InChI=1S/C20H20N2O3/c1-2-17(23)13-14-18-19(24)21(15-9-5-3-6-10-15)22(20(18)25)16-11-7-4-8-12-16/h3-12,24H,2,13-14H2,1H3. The Labute approximate surface area is 145 Å². The lowest BCUT2D eigenvalue weighted by molar-refractivity contribution is -0.118. The fraction of sp³-hybridized carbons (Fsp3) is 0.200. The van der Waals surface area contributed by atoms with Gasteiger partial charge in [0.2, 0.25) is 5.88 Å². The van der Waals surface area contributed by atoms with Crippen LogP contribution in [0.2, 0.25) is 0 Å². The van der Waals surface area contributed by atoms with E-state index in [1.54, 1.807) is 19.1 Å². The van der Waals surface area contributed by atoms with E-state index >= 15 is 0 Å². The van der Waals surface area contributed by atoms with E-state index in [9.17, 15) is 14.7 Å². The van der Waals surface area contributed by atoms with Crippen molar-refractivity contribution >= 4 is 5.78 Å². The third-order valence-corrected chi connectivity index (χ3v) is 4.17. The first kappa shape index (κ1) is 16.8. The van der Waals surface area contributed by atoms with Crippen molar-refractivity contribution in [3.05, 3.63) is 76.6 Å². The molecule has 0 aliphatic heterocycles. The van der Waals surface area contributed by atoms with E-state index in [1.165, 1.54) is 9.36 Å². The van der Waals surface area contributed by atoms with E-state index in [2.05, 4.69) is 0 Å². The Hall–Kier alpha value is -3.08. The normalized spacial score (nSPS) is 10.8. The van der Waals surface area contributed by atoms with Crippen LogP contribution in [0.25, 0.3) is 11.4 Å². The van der Waals surface area contributed by atoms with Gasteiger partial charge in [0.25, 0.3) is 5.56 Å². The highest BCUT2D eigenvalue weighted by molar-refractivity contribution is 5.78. The fourth-order valence-electron chi connectivity index (χ4n) is 2.81. The zero-order chi connectivity index (χ0) is 17.8. The van der Waals surface area contributed by atoms with Crippen molar-refractivity contribution in [1.82, 2.24) is 9.36 Å². The summed E-state index contributed by atoms with van der Waals surface area (Å²) < 4.78 is 2.93. The predicted molar refractivity (Wildman–Crippen MR) is 96.6 cm³/mol. The second kappa shape index (κ2) is 7.21. The summed E-state index contributed by atoms with van der Waals surface area (Å²) in [5.74, 6) is -0.0542. The highest BCUT2D eigenvalue weighted by Crippen LogP contribution is 2.24. The first-order valence-corrected chi connectivity index (χ1v) is 8.32. The Balaban J connectivity index is 2.19. The molecule has 3 rings (SSSR count). The first-order valence-electron chi connectivity index (χ1n) is 8.32. The summed E-state index contributed by atoms with van der Waals surface area (Å²) in [5.41, 5.74) is 1.28. The SMILES string of the molecule is CCC(=O)CCc1c(O)n(-c2ccccc2)n(-c2ccccc2)c1=O. The summed E-state index contributed by atoms with van der Waals surface area (Å²) in [6.45, 7) is 1.79. The van der Waals surface area contributed by atoms with Crippen molar-refractivity contribution in [1.29, 1.82) is 0 Å². The predicted octanol–water partition coefficient (Wildman–Crippen LogP) is 3.25. The Morgan fingerprint density at radius 1 is 0.920 bits per heavy atom. The van der Waals surface area contributed by atoms with E-state index in [0.717, 1.165) is 0 Å². The Morgan fingerprint density at radius 3 is 1.96 bits per heavy atom. The molecule has 25 heavy (non-hydrogen) atoms. The molecule has 0 unspecified atom stereocenters. The molecule has 3 aromatic rings. The lowest BCUT2D eigenvalue weighted by atomic mass is 10.1. The number of para-hydroxylation sites is 2. The first-order chi connectivity index (χ1) is 12.1. The second-order valence-corrected chi connectivity index (χ2v) is 5.79. The highest BCUT2D eigenvalue weighted by Gasteiger charge is 2.22. The molecule has 0 saturated carbocycles. The van der Waals surface area contributed by atoms with Gasteiger partial charge >= 0.3 is 0 Å². The van der Waals surface area contributed by atoms with Crippen LogP contribution < -0.4 is 5.56 Å². The zero-order valence-electron chi connectivity index (χ0n) is 14.1. The van der Waals surface area contributed by atoms with Crippen LogP contribution in [0, 0.1) is 0 Å². The molecule has 1 N–H and O–H groups in total. The van der Waals surface area contributed by atoms with E-state index in [-0.39, 0.29) is 35.6 Å². The maximum atomic E-state index is 13.0. The molecule has 0 amide bonds. The van der Waals surface area contributed by atoms with E-state index < -0.39 is 0 Å². The van der Waals surface area contributed by atoms with Gasteiger partial charge in [0.05, 0.1) is 16.9 Å². The summed E-state index contributed by atoms with van der Waals surface area (Å²) in [4.78, 5) is 24.6. The van der Waals surface area contributed by atoms with Crippen LogP contribution in [-0.2, 0) is 11.2 Å². The monoisotopic (exact) mass is 336 g/mol. The Morgan fingerprint density at radius 2 is 1.44 bits per heavy atom. The molecule has 5 nitrogen and oxygen atoms in total. The van der Waals surface area contributed by atoms with E-state index in [1.807, 2.05) is 48.5 Å². The van der Waals surface area contributed by atoms with Crippen molar-refractivity contribution in [2.45, 2.75) is 26.2 Å².